The van der Waals surface area contributed by atoms with E-state index in [0.717, 1.165) is 49.9 Å². The van der Waals surface area contributed by atoms with E-state index in [-0.39, 0.29) is 35.8 Å². The van der Waals surface area contributed by atoms with Crippen LogP contribution in [0.2, 0.25) is 0 Å². The number of anilines is 1. The van der Waals surface area contributed by atoms with Crippen LogP contribution in [0.3, 0.4) is 0 Å². The van der Waals surface area contributed by atoms with Crippen molar-refractivity contribution in [3.05, 3.63) is 54.0 Å². The van der Waals surface area contributed by atoms with Crippen molar-refractivity contribution in [3.8, 4) is 5.75 Å². The minimum absolute atomic E-state index is 0. The Morgan fingerprint density at radius 1 is 1.24 bits per heavy atom. The predicted molar refractivity (Wildman–Crippen MR) is 143 cm³/mol. The van der Waals surface area contributed by atoms with Crippen molar-refractivity contribution < 1.29 is 9.13 Å². The molecule has 1 aliphatic rings. The molecule has 1 atom stereocenters. The van der Waals surface area contributed by atoms with Gasteiger partial charge in [0.25, 0.3) is 0 Å². The van der Waals surface area contributed by atoms with Gasteiger partial charge in [-0.1, -0.05) is 32.0 Å². The molecule has 1 aromatic heterocycles. The molecule has 182 valence electrons. The molecule has 2 aromatic rings. The van der Waals surface area contributed by atoms with Gasteiger partial charge in [-0.3, -0.25) is 4.99 Å². The van der Waals surface area contributed by atoms with Gasteiger partial charge in [0.15, 0.2) is 17.6 Å². The number of para-hydroxylation sites is 1. The number of halogens is 2. The Bertz CT molecular complexity index is 880. The number of rotatable bonds is 10. The number of ether oxygens (including phenoxy) is 1. The van der Waals surface area contributed by atoms with Gasteiger partial charge in [-0.2, -0.15) is 0 Å². The van der Waals surface area contributed by atoms with E-state index in [1.807, 2.05) is 23.1 Å². The third-order valence-electron chi connectivity index (χ3n) is 5.77. The fraction of sp³-hybridized carbons (Fsp3) is 0.500. The number of aliphatic imine (C=N–C) groups is 1. The van der Waals surface area contributed by atoms with E-state index < -0.39 is 0 Å². The highest BCUT2D eigenvalue weighted by Crippen LogP contribution is 2.21. The van der Waals surface area contributed by atoms with Gasteiger partial charge in [0, 0.05) is 51.0 Å². The highest BCUT2D eigenvalue weighted by molar-refractivity contribution is 14.0. The summed E-state index contributed by atoms with van der Waals surface area (Å²) in [5.41, 5.74) is 1.08. The first-order valence-electron chi connectivity index (χ1n) is 11.4. The summed E-state index contributed by atoms with van der Waals surface area (Å²) >= 11 is 0. The van der Waals surface area contributed by atoms with Gasteiger partial charge in [-0.15, -0.1) is 24.0 Å². The molecule has 7 nitrogen and oxygen atoms in total. The quantitative estimate of drug-likeness (QED) is 0.259. The number of likely N-dealkylation sites (N-methyl/N-ethyl adjacent to an activating group) is 1. The molecule has 1 aliphatic heterocycles. The van der Waals surface area contributed by atoms with Crippen LogP contribution in [0.15, 0.2) is 47.6 Å². The van der Waals surface area contributed by atoms with Crippen LogP contribution in [0, 0.1) is 5.82 Å². The van der Waals surface area contributed by atoms with E-state index in [4.69, 9.17) is 4.74 Å². The lowest BCUT2D eigenvalue weighted by atomic mass is 10.2. The van der Waals surface area contributed by atoms with Crippen molar-refractivity contribution in [2.75, 3.05) is 51.3 Å². The summed E-state index contributed by atoms with van der Waals surface area (Å²) < 4.78 is 20.1. The SMILES string of the molecule is CCN(CC)CCOc1ccccc1CNC(=NC)NC1CCN(c2ncccc2F)C1.I. The van der Waals surface area contributed by atoms with Crippen LogP contribution >= 0.6 is 24.0 Å². The monoisotopic (exact) mass is 570 g/mol. The Hall–Kier alpha value is -2.14. The molecule has 33 heavy (non-hydrogen) atoms. The van der Waals surface area contributed by atoms with E-state index in [2.05, 4.69) is 45.4 Å². The van der Waals surface area contributed by atoms with Crippen LogP contribution in [0.1, 0.15) is 25.8 Å². The molecule has 0 aliphatic carbocycles. The normalized spacial score (nSPS) is 16.0. The lowest BCUT2D eigenvalue weighted by Gasteiger charge is -2.21. The number of pyridine rings is 1. The van der Waals surface area contributed by atoms with E-state index in [1.54, 1.807) is 19.3 Å². The van der Waals surface area contributed by atoms with Crippen LogP contribution in [-0.4, -0.2) is 68.3 Å². The van der Waals surface area contributed by atoms with Gasteiger partial charge in [-0.05, 0) is 37.7 Å². The molecule has 1 aromatic carbocycles. The zero-order valence-corrected chi connectivity index (χ0v) is 22.1. The Morgan fingerprint density at radius 3 is 2.76 bits per heavy atom. The van der Waals surface area contributed by atoms with E-state index in [1.165, 1.54) is 6.07 Å². The maximum absolute atomic E-state index is 14.0. The lowest BCUT2D eigenvalue weighted by Crippen LogP contribution is -2.44. The van der Waals surface area contributed by atoms with Crippen molar-refractivity contribution in [2.24, 2.45) is 4.99 Å². The van der Waals surface area contributed by atoms with Crippen LogP contribution in [0.4, 0.5) is 10.2 Å². The van der Waals surface area contributed by atoms with Crippen molar-refractivity contribution >= 4 is 35.8 Å². The Morgan fingerprint density at radius 2 is 2.03 bits per heavy atom. The molecule has 1 saturated heterocycles. The van der Waals surface area contributed by atoms with Gasteiger partial charge in [0.1, 0.15) is 12.4 Å². The third kappa shape index (κ3) is 7.99. The van der Waals surface area contributed by atoms with Gasteiger partial charge < -0.3 is 25.2 Å². The molecule has 2 N–H and O–H groups in total. The number of nitrogens with zero attached hydrogens (tertiary/aromatic N) is 4. The highest BCUT2D eigenvalue weighted by Gasteiger charge is 2.26. The first kappa shape index (κ1) is 27.1. The number of hydrogen-bond acceptors (Lipinski definition) is 5. The second-order valence-electron chi connectivity index (χ2n) is 7.79. The summed E-state index contributed by atoms with van der Waals surface area (Å²) in [6.07, 6.45) is 2.52. The molecule has 3 rings (SSSR count). The molecule has 1 unspecified atom stereocenters. The first-order valence-corrected chi connectivity index (χ1v) is 11.4. The summed E-state index contributed by atoms with van der Waals surface area (Å²) in [5.74, 6) is 1.74. The van der Waals surface area contributed by atoms with Gasteiger partial charge in [0.2, 0.25) is 0 Å². The molecule has 0 radical (unpaired) electrons. The molecule has 9 heteroatoms. The van der Waals surface area contributed by atoms with Crippen molar-refractivity contribution in [3.63, 3.8) is 0 Å². The fourth-order valence-electron chi connectivity index (χ4n) is 3.86. The van der Waals surface area contributed by atoms with E-state index in [9.17, 15) is 4.39 Å². The van der Waals surface area contributed by atoms with Crippen molar-refractivity contribution in [1.29, 1.82) is 0 Å². The van der Waals surface area contributed by atoms with Crippen LogP contribution in [0.5, 0.6) is 5.75 Å². The molecule has 1 fully saturated rings. The topological polar surface area (TPSA) is 65.0 Å². The van der Waals surface area contributed by atoms with E-state index in [0.29, 0.717) is 25.5 Å². The minimum Gasteiger partial charge on any atom is -0.492 e. The largest absolute Gasteiger partial charge is 0.492 e. The fourth-order valence-corrected chi connectivity index (χ4v) is 3.86. The maximum Gasteiger partial charge on any atom is 0.191 e. The summed E-state index contributed by atoms with van der Waals surface area (Å²) in [6.45, 7) is 9.98. The lowest BCUT2D eigenvalue weighted by molar-refractivity contribution is 0.221. The summed E-state index contributed by atoms with van der Waals surface area (Å²) in [4.78, 5) is 12.9. The van der Waals surface area contributed by atoms with E-state index >= 15 is 0 Å². The highest BCUT2D eigenvalue weighted by atomic mass is 127. The standard InChI is InChI=1S/C24H35FN6O.HI/c1-4-30(5-2)15-16-32-22-11-7-6-9-19(22)17-28-24(26-3)29-20-12-14-31(18-20)23-21(25)10-8-13-27-23;/h6-11,13,20H,4-5,12,14-18H2,1-3H3,(H2,26,28,29);1H. The van der Waals surface area contributed by atoms with Crippen LogP contribution in [-0.2, 0) is 6.54 Å². The van der Waals surface area contributed by atoms with Crippen LogP contribution < -0.4 is 20.3 Å². The summed E-state index contributed by atoms with van der Waals surface area (Å²) in [5, 5.41) is 6.83. The number of benzene rings is 1. The minimum atomic E-state index is -0.284. The maximum atomic E-state index is 14.0. The Balaban J connectivity index is 0.00000385. The molecule has 0 amide bonds. The van der Waals surface area contributed by atoms with Gasteiger partial charge in [0.05, 0.1) is 0 Å². The number of guanidine groups is 1. The zero-order valence-electron chi connectivity index (χ0n) is 19.8. The Labute approximate surface area is 213 Å². The van der Waals surface area contributed by atoms with Crippen molar-refractivity contribution in [1.82, 2.24) is 20.5 Å². The molecule has 0 saturated carbocycles. The average Bonchev–Trinajstić information content (AvgIpc) is 3.28. The third-order valence-corrected chi connectivity index (χ3v) is 5.77. The smallest absolute Gasteiger partial charge is 0.191 e. The van der Waals surface area contributed by atoms with Crippen molar-refractivity contribution in [2.45, 2.75) is 32.9 Å². The predicted octanol–water partition coefficient (Wildman–Crippen LogP) is 3.50. The number of hydrogen-bond donors (Lipinski definition) is 2. The second kappa shape index (κ2) is 14.2. The molecule has 0 bridgehead atoms. The van der Waals surface area contributed by atoms with Gasteiger partial charge >= 0.3 is 0 Å². The molecular weight excluding hydrogens is 534 g/mol. The molecule has 2 heterocycles. The average molecular weight is 570 g/mol. The number of nitrogens with one attached hydrogen (secondary N) is 2. The molecular formula is C24H36FIN6O. The van der Waals surface area contributed by atoms with Gasteiger partial charge in [-0.25, -0.2) is 9.37 Å². The number of aromatic nitrogens is 1. The summed E-state index contributed by atoms with van der Waals surface area (Å²) in [7, 11) is 1.76. The molecule has 0 spiro atoms. The van der Waals surface area contributed by atoms with Crippen LogP contribution in [0.25, 0.3) is 0 Å². The Kier molecular flexibility index (Phi) is 11.7. The second-order valence-corrected chi connectivity index (χ2v) is 7.79. The summed E-state index contributed by atoms with van der Waals surface area (Å²) in [6, 6.07) is 11.3. The zero-order chi connectivity index (χ0) is 22.8. The first-order chi connectivity index (χ1) is 15.6.